The number of nitrogens with zero attached hydrogens (tertiary/aromatic N) is 2. The summed E-state index contributed by atoms with van der Waals surface area (Å²) in [5.74, 6) is 0. The Labute approximate surface area is 145 Å². The Hall–Kier alpha value is -0.790. The van der Waals surface area contributed by atoms with Crippen LogP contribution in [0.4, 0.5) is 0 Å². The lowest BCUT2D eigenvalue weighted by atomic mass is 9.76. The minimum absolute atomic E-state index is 0.171. The van der Waals surface area contributed by atoms with Crippen LogP contribution in [0.5, 0.6) is 0 Å². The van der Waals surface area contributed by atoms with Gasteiger partial charge < -0.3 is 0 Å². The van der Waals surface area contributed by atoms with E-state index in [-0.39, 0.29) is 11.0 Å². The van der Waals surface area contributed by atoms with Crippen LogP contribution in [-0.2, 0) is 11.0 Å². The summed E-state index contributed by atoms with van der Waals surface area (Å²) in [7, 11) is 0. The van der Waals surface area contributed by atoms with Crippen molar-refractivity contribution in [2.24, 2.45) is 0 Å². The van der Waals surface area contributed by atoms with Gasteiger partial charge in [0.2, 0.25) is 0 Å². The zero-order valence-electron chi connectivity index (χ0n) is 16.6. The largest absolute Gasteiger partial charge is 0.263 e. The molecule has 2 atom stereocenters. The molecule has 0 N–H and O–H groups in total. The molecule has 0 amide bonds. The molecule has 134 valence electrons. The second kappa shape index (κ2) is 9.49. The molecule has 1 rings (SSSR count). The van der Waals surface area contributed by atoms with Crippen LogP contribution in [0.25, 0.3) is 0 Å². The molecule has 23 heavy (non-hydrogen) atoms. The normalized spacial score (nSPS) is 17.0. The summed E-state index contributed by atoms with van der Waals surface area (Å²) in [5, 5.41) is 4.83. The molecule has 0 saturated heterocycles. The average molecular weight is 321 g/mol. The van der Waals surface area contributed by atoms with Gasteiger partial charge in [-0.15, -0.1) is 0 Å². The molecule has 1 heterocycles. The Morgan fingerprint density at radius 3 is 2.00 bits per heavy atom. The topological polar surface area (TPSA) is 17.8 Å². The van der Waals surface area contributed by atoms with Crippen molar-refractivity contribution in [2.75, 3.05) is 0 Å². The third-order valence-electron chi connectivity index (χ3n) is 5.51. The average Bonchev–Trinajstić information content (AvgIpc) is 3.03. The van der Waals surface area contributed by atoms with Crippen LogP contribution < -0.4 is 0 Å². The van der Waals surface area contributed by atoms with Crippen molar-refractivity contribution in [3.8, 4) is 0 Å². The monoisotopic (exact) mass is 320 g/mol. The van der Waals surface area contributed by atoms with Crippen LogP contribution in [0, 0.1) is 0 Å². The maximum Gasteiger partial charge on any atom is 0.0602 e. The van der Waals surface area contributed by atoms with Gasteiger partial charge in [0.05, 0.1) is 5.54 Å². The number of hydrogen-bond acceptors (Lipinski definition) is 1. The maximum absolute atomic E-state index is 4.83. The van der Waals surface area contributed by atoms with Crippen molar-refractivity contribution in [3.05, 3.63) is 18.0 Å². The first kappa shape index (κ1) is 20.3. The van der Waals surface area contributed by atoms with Gasteiger partial charge in [-0.1, -0.05) is 73.1 Å². The molecule has 0 spiro atoms. The van der Waals surface area contributed by atoms with Gasteiger partial charge in [-0.25, -0.2) is 0 Å². The van der Waals surface area contributed by atoms with Crippen LogP contribution in [-0.4, -0.2) is 9.78 Å². The lowest BCUT2D eigenvalue weighted by Crippen LogP contribution is -2.37. The second-order valence-electron chi connectivity index (χ2n) is 7.89. The molecule has 0 radical (unpaired) electrons. The third kappa shape index (κ3) is 5.09. The van der Waals surface area contributed by atoms with Gasteiger partial charge in [-0.3, -0.25) is 4.68 Å². The standard InChI is InChI=1S/C21H40N2/c1-7-11-16-20(5,14-9-3)19-13-18-22-23(19)21(6,15-10-4)17-12-8-2/h13,18H,7-12,14-17H2,1-6H3. The van der Waals surface area contributed by atoms with E-state index < -0.39 is 0 Å². The highest BCUT2D eigenvalue weighted by atomic mass is 15.3. The maximum atomic E-state index is 4.83. The highest BCUT2D eigenvalue weighted by Gasteiger charge is 2.35. The molecule has 0 saturated carbocycles. The van der Waals surface area contributed by atoms with Crippen molar-refractivity contribution in [1.29, 1.82) is 0 Å². The van der Waals surface area contributed by atoms with E-state index in [9.17, 15) is 0 Å². The number of unbranched alkanes of at least 4 members (excludes halogenated alkanes) is 2. The van der Waals surface area contributed by atoms with Crippen molar-refractivity contribution < 1.29 is 0 Å². The van der Waals surface area contributed by atoms with Crippen molar-refractivity contribution >= 4 is 0 Å². The summed E-state index contributed by atoms with van der Waals surface area (Å²) < 4.78 is 2.41. The molecule has 1 aromatic heterocycles. The molecule has 0 aromatic carbocycles. The van der Waals surface area contributed by atoms with Gasteiger partial charge in [0, 0.05) is 17.3 Å². The fraction of sp³-hybridized carbons (Fsp3) is 0.857. The SMILES string of the molecule is CCCCC(C)(CCC)c1ccnn1C(C)(CCC)CCCC. The quantitative estimate of drug-likeness (QED) is 0.412. The van der Waals surface area contributed by atoms with E-state index in [0.29, 0.717) is 0 Å². The molecular formula is C21H40N2. The molecule has 0 aliphatic carbocycles. The van der Waals surface area contributed by atoms with E-state index in [1.807, 2.05) is 6.20 Å². The van der Waals surface area contributed by atoms with Crippen molar-refractivity contribution in [2.45, 2.75) is 117 Å². The zero-order chi connectivity index (χ0) is 17.3. The highest BCUT2D eigenvalue weighted by Crippen LogP contribution is 2.38. The fourth-order valence-corrected chi connectivity index (χ4v) is 4.12. The molecule has 1 aromatic rings. The van der Waals surface area contributed by atoms with Crippen molar-refractivity contribution in [1.82, 2.24) is 9.78 Å². The second-order valence-corrected chi connectivity index (χ2v) is 7.89. The number of hydrogen-bond donors (Lipinski definition) is 0. The lowest BCUT2D eigenvalue weighted by molar-refractivity contribution is 0.208. The van der Waals surface area contributed by atoms with Crippen LogP contribution in [0.2, 0.25) is 0 Å². The summed E-state index contributed by atoms with van der Waals surface area (Å²) in [6.07, 6.45) is 14.6. The number of aromatic nitrogens is 2. The fourth-order valence-electron chi connectivity index (χ4n) is 4.12. The van der Waals surface area contributed by atoms with E-state index in [1.165, 1.54) is 69.9 Å². The van der Waals surface area contributed by atoms with Crippen LogP contribution in [0.3, 0.4) is 0 Å². The van der Waals surface area contributed by atoms with E-state index in [4.69, 9.17) is 5.10 Å². The third-order valence-corrected chi connectivity index (χ3v) is 5.51. The minimum Gasteiger partial charge on any atom is -0.263 e. The van der Waals surface area contributed by atoms with Crippen molar-refractivity contribution in [3.63, 3.8) is 0 Å². The van der Waals surface area contributed by atoms with Gasteiger partial charge in [0.25, 0.3) is 0 Å². The first-order valence-corrected chi connectivity index (χ1v) is 10.0. The van der Waals surface area contributed by atoms with Crippen LogP contribution >= 0.6 is 0 Å². The molecule has 0 bridgehead atoms. The summed E-state index contributed by atoms with van der Waals surface area (Å²) in [6.45, 7) is 14.1. The van der Waals surface area contributed by atoms with E-state index in [0.717, 1.165) is 0 Å². The molecule has 0 aliphatic rings. The molecular weight excluding hydrogens is 280 g/mol. The van der Waals surface area contributed by atoms with Gasteiger partial charge >= 0.3 is 0 Å². The molecule has 0 aliphatic heterocycles. The van der Waals surface area contributed by atoms with E-state index in [2.05, 4.69) is 52.3 Å². The molecule has 2 heteroatoms. The predicted octanol–water partition coefficient (Wildman–Crippen LogP) is 6.84. The highest BCUT2D eigenvalue weighted by molar-refractivity contribution is 5.17. The van der Waals surface area contributed by atoms with Gasteiger partial charge in [-0.05, 0) is 38.7 Å². The summed E-state index contributed by atoms with van der Waals surface area (Å²) in [4.78, 5) is 0. The van der Waals surface area contributed by atoms with E-state index >= 15 is 0 Å². The van der Waals surface area contributed by atoms with Crippen LogP contribution in [0.1, 0.15) is 111 Å². The van der Waals surface area contributed by atoms with Gasteiger partial charge in [0.1, 0.15) is 0 Å². The Bertz CT molecular complexity index is 398. The lowest BCUT2D eigenvalue weighted by Gasteiger charge is -2.38. The van der Waals surface area contributed by atoms with Gasteiger partial charge in [-0.2, -0.15) is 5.10 Å². The molecule has 0 fully saturated rings. The molecule has 2 unspecified atom stereocenters. The van der Waals surface area contributed by atoms with Crippen LogP contribution in [0.15, 0.2) is 12.3 Å². The Morgan fingerprint density at radius 2 is 1.43 bits per heavy atom. The van der Waals surface area contributed by atoms with Gasteiger partial charge in [0.15, 0.2) is 0 Å². The summed E-state index contributed by atoms with van der Waals surface area (Å²) in [6, 6.07) is 2.30. The number of rotatable bonds is 12. The molecule has 2 nitrogen and oxygen atoms in total. The Morgan fingerprint density at radius 1 is 0.826 bits per heavy atom. The Kier molecular flexibility index (Phi) is 8.36. The zero-order valence-corrected chi connectivity index (χ0v) is 16.6. The minimum atomic E-state index is 0.171. The summed E-state index contributed by atoms with van der Waals surface area (Å²) >= 11 is 0. The predicted molar refractivity (Wildman–Crippen MR) is 102 cm³/mol. The smallest absolute Gasteiger partial charge is 0.0602 e. The first-order valence-electron chi connectivity index (χ1n) is 10.0. The Balaban J connectivity index is 3.20. The van der Waals surface area contributed by atoms with E-state index in [1.54, 1.807) is 0 Å². The first-order chi connectivity index (χ1) is 11.0. The summed E-state index contributed by atoms with van der Waals surface area (Å²) in [5.41, 5.74) is 1.91.